The zero-order valence-electron chi connectivity index (χ0n) is 13.0. The van der Waals surface area contributed by atoms with E-state index in [1.54, 1.807) is 7.11 Å². The lowest BCUT2D eigenvalue weighted by Crippen LogP contribution is -2.14. The first kappa shape index (κ1) is 15.6. The maximum absolute atomic E-state index is 5.22. The van der Waals surface area contributed by atoms with E-state index >= 15 is 0 Å². The number of benzene rings is 2. The maximum atomic E-state index is 5.22. The van der Waals surface area contributed by atoms with E-state index in [4.69, 9.17) is 9.73 Å². The quantitative estimate of drug-likeness (QED) is 0.770. The van der Waals surface area contributed by atoms with Crippen molar-refractivity contribution in [1.29, 1.82) is 0 Å². The molecular weight excluding hydrogens is 308 g/mol. The highest BCUT2D eigenvalue weighted by Gasteiger charge is 2.19. The first-order valence-electron chi connectivity index (χ1n) is 7.61. The first-order valence-corrected chi connectivity index (χ1v) is 7.61. The molecule has 0 fully saturated rings. The van der Waals surface area contributed by atoms with Gasteiger partial charge in [-0.15, -0.1) is 12.4 Å². The molecule has 0 radical (unpaired) electrons. The summed E-state index contributed by atoms with van der Waals surface area (Å²) in [6.45, 7) is 0.875. The van der Waals surface area contributed by atoms with Crippen LogP contribution in [0, 0.1) is 0 Å². The number of rotatable bonds is 3. The number of methoxy groups -OCH3 is 1. The SMILES string of the molecule is COc1ccc(CC2=NCCc3c2[nH]c2ccccc32)cc1.Cl. The molecule has 0 amide bonds. The lowest BCUT2D eigenvalue weighted by atomic mass is 9.98. The van der Waals surface area contributed by atoms with Gasteiger partial charge in [0.2, 0.25) is 0 Å². The molecule has 1 aromatic heterocycles. The molecule has 23 heavy (non-hydrogen) atoms. The summed E-state index contributed by atoms with van der Waals surface area (Å²) in [7, 11) is 1.69. The largest absolute Gasteiger partial charge is 0.497 e. The van der Waals surface area contributed by atoms with Crippen LogP contribution >= 0.6 is 12.4 Å². The molecule has 0 saturated carbocycles. The third kappa shape index (κ3) is 2.84. The smallest absolute Gasteiger partial charge is 0.118 e. The molecule has 4 heteroatoms. The van der Waals surface area contributed by atoms with Gasteiger partial charge < -0.3 is 9.72 Å². The van der Waals surface area contributed by atoms with Gasteiger partial charge in [-0.1, -0.05) is 30.3 Å². The summed E-state index contributed by atoms with van der Waals surface area (Å²) >= 11 is 0. The third-order valence-corrected chi connectivity index (χ3v) is 4.30. The highest BCUT2D eigenvalue weighted by Crippen LogP contribution is 2.27. The van der Waals surface area contributed by atoms with Crippen LogP contribution in [-0.2, 0) is 12.8 Å². The minimum atomic E-state index is 0. The Hall–Kier alpha value is -2.26. The maximum Gasteiger partial charge on any atom is 0.118 e. The molecule has 0 unspecified atom stereocenters. The zero-order valence-corrected chi connectivity index (χ0v) is 13.8. The summed E-state index contributed by atoms with van der Waals surface area (Å²) in [5.41, 5.74) is 6.24. The molecule has 0 spiro atoms. The Kier molecular flexibility index (Phi) is 4.39. The number of fused-ring (bicyclic) bond motifs is 3. The van der Waals surface area contributed by atoms with Gasteiger partial charge in [-0.2, -0.15) is 0 Å². The molecule has 0 aliphatic carbocycles. The number of aliphatic imine (C=N–C) groups is 1. The van der Waals surface area contributed by atoms with Crippen LogP contribution in [0.25, 0.3) is 10.9 Å². The van der Waals surface area contributed by atoms with Gasteiger partial charge in [0, 0.05) is 23.9 Å². The average molecular weight is 327 g/mol. The van der Waals surface area contributed by atoms with Crippen molar-refractivity contribution in [3.8, 4) is 5.75 Å². The number of ether oxygens (including phenoxy) is 1. The molecular formula is C19H19ClN2O. The molecule has 1 N–H and O–H groups in total. The highest BCUT2D eigenvalue weighted by atomic mass is 35.5. The monoisotopic (exact) mass is 326 g/mol. The fourth-order valence-electron chi connectivity index (χ4n) is 3.17. The fraction of sp³-hybridized carbons (Fsp3) is 0.211. The van der Waals surface area contributed by atoms with Crippen LogP contribution in [0.4, 0.5) is 0 Å². The van der Waals surface area contributed by atoms with Gasteiger partial charge in [0.05, 0.1) is 18.5 Å². The van der Waals surface area contributed by atoms with Crippen LogP contribution in [0.15, 0.2) is 53.5 Å². The topological polar surface area (TPSA) is 37.4 Å². The number of nitrogens with one attached hydrogen (secondary N) is 1. The van der Waals surface area contributed by atoms with E-state index in [0.29, 0.717) is 0 Å². The highest BCUT2D eigenvalue weighted by molar-refractivity contribution is 6.07. The normalized spacial score (nSPS) is 13.2. The lowest BCUT2D eigenvalue weighted by Gasteiger charge is -2.13. The van der Waals surface area contributed by atoms with E-state index in [1.165, 1.54) is 27.7 Å². The second-order valence-corrected chi connectivity index (χ2v) is 5.63. The average Bonchev–Trinajstić information content (AvgIpc) is 2.95. The molecule has 0 bridgehead atoms. The van der Waals surface area contributed by atoms with Crippen LogP contribution in [-0.4, -0.2) is 24.4 Å². The predicted octanol–water partition coefficient (Wildman–Crippen LogP) is 4.19. The van der Waals surface area contributed by atoms with Crippen molar-refractivity contribution in [1.82, 2.24) is 4.98 Å². The number of para-hydroxylation sites is 1. The van der Waals surface area contributed by atoms with E-state index in [0.717, 1.165) is 30.8 Å². The Bertz CT molecular complexity index is 849. The van der Waals surface area contributed by atoms with E-state index in [9.17, 15) is 0 Å². The van der Waals surface area contributed by atoms with Crippen LogP contribution < -0.4 is 4.74 Å². The van der Waals surface area contributed by atoms with Crippen molar-refractivity contribution in [3.05, 3.63) is 65.4 Å². The molecule has 2 aromatic carbocycles. The molecule has 0 atom stereocenters. The van der Waals surface area contributed by atoms with Gasteiger partial charge in [0.1, 0.15) is 5.75 Å². The Labute approximate surface area is 141 Å². The van der Waals surface area contributed by atoms with Crippen molar-refractivity contribution >= 4 is 29.0 Å². The number of hydrogen-bond donors (Lipinski definition) is 1. The number of nitrogens with zero attached hydrogens (tertiary/aromatic N) is 1. The van der Waals surface area contributed by atoms with Gasteiger partial charge in [0.25, 0.3) is 0 Å². The van der Waals surface area contributed by atoms with Gasteiger partial charge in [-0.3, -0.25) is 4.99 Å². The fourth-order valence-corrected chi connectivity index (χ4v) is 3.17. The van der Waals surface area contributed by atoms with Crippen LogP contribution in [0.2, 0.25) is 0 Å². The third-order valence-electron chi connectivity index (χ3n) is 4.30. The summed E-state index contributed by atoms with van der Waals surface area (Å²) in [5, 5.41) is 1.33. The minimum absolute atomic E-state index is 0. The van der Waals surface area contributed by atoms with Crippen LogP contribution in [0.5, 0.6) is 5.75 Å². The van der Waals surface area contributed by atoms with E-state index in [-0.39, 0.29) is 12.4 Å². The summed E-state index contributed by atoms with van der Waals surface area (Å²) in [6.07, 6.45) is 1.87. The molecule has 1 aliphatic heterocycles. The minimum Gasteiger partial charge on any atom is -0.497 e. The van der Waals surface area contributed by atoms with Crippen LogP contribution in [0.3, 0.4) is 0 Å². The number of H-pyrrole nitrogens is 1. The Morgan fingerprint density at radius 3 is 2.65 bits per heavy atom. The number of hydrogen-bond acceptors (Lipinski definition) is 2. The van der Waals surface area contributed by atoms with Gasteiger partial charge in [-0.05, 0) is 35.7 Å². The Morgan fingerprint density at radius 2 is 1.87 bits per heavy atom. The van der Waals surface area contributed by atoms with E-state index < -0.39 is 0 Å². The van der Waals surface area contributed by atoms with Gasteiger partial charge in [-0.25, -0.2) is 0 Å². The van der Waals surface area contributed by atoms with Crippen molar-refractivity contribution in [3.63, 3.8) is 0 Å². The van der Waals surface area contributed by atoms with Crippen molar-refractivity contribution in [2.24, 2.45) is 4.99 Å². The standard InChI is InChI=1S/C19H18N2O.ClH/c1-22-14-8-6-13(7-9-14)12-18-19-16(10-11-20-18)15-4-2-3-5-17(15)21-19;/h2-9,21H,10-12H2,1H3;1H. The second-order valence-electron chi connectivity index (χ2n) is 5.63. The van der Waals surface area contributed by atoms with Crippen molar-refractivity contribution < 1.29 is 4.74 Å². The van der Waals surface area contributed by atoms with Crippen LogP contribution in [0.1, 0.15) is 16.8 Å². The second kappa shape index (κ2) is 6.47. The van der Waals surface area contributed by atoms with Crippen molar-refractivity contribution in [2.45, 2.75) is 12.8 Å². The van der Waals surface area contributed by atoms with Crippen molar-refractivity contribution in [2.75, 3.05) is 13.7 Å². The molecule has 1 aliphatic rings. The number of aromatic nitrogens is 1. The zero-order chi connectivity index (χ0) is 14.9. The molecule has 3 nitrogen and oxygen atoms in total. The lowest BCUT2D eigenvalue weighted by molar-refractivity contribution is 0.414. The Balaban J connectivity index is 0.00000156. The molecule has 118 valence electrons. The molecule has 3 aromatic rings. The molecule has 4 rings (SSSR count). The van der Waals surface area contributed by atoms with Gasteiger partial charge >= 0.3 is 0 Å². The number of aromatic amines is 1. The summed E-state index contributed by atoms with van der Waals surface area (Å²) in [5.74, 6) is 0.889. The molecule has 0 saturated heterocycles. The first-order chi connectivity index (χ1) is 10.8. The summed E-state index contributed by atoms with van der Waals surface area (Å²) in [4.78, 5) is 8.31. The van der Waals surface area contributed by atoms with E-state index in [1.807, 2.05) is 12.1 Å². The van der Waals surface area contributed by atoms with E-state index in [2.05, 4.69) is 41.4 Å². The summed E-state index contributed by atoms with van der Waals surface area (Å²) < 4.78 is 5.22. The van der Waals surface area contributed by atoms with Gasteiger partial charge in [0.15, 0.2) is 0 Å². The number of halogens is 1. The predicted molar refractivity (Wildman–Crippen MR) is 97.4 cm³/mol. The summed E-state index contributed by atoms with van der Waals surface area (Å²) in [6, 6.07) is 16.7. The Morgan fingerprint density at radius 1 is 1.09 bits per heavy atom. The molecule has 2 heterocycles.